The first-order valence-electron chi connectivity index (χ1n) is 5.07. The molecule has 80 valence electrons. The predicted molar refractivity (Wildman–Crippen MR) is 61.7 cm³/mol. The Kier molecular flexibility index (Phi) is 1.99. The molecule has 2 N–H and O–H groups in total. The first-order valence-corrected chi connectivity index (χ1v) is 5.07. The third-order valence-corrected chi connectivity index (χ3v) is 2.60. The highest BCUT2D eigenvalue weighted by atomic mass is 19.1. The molecule has 3 rings (SSSR count). The Morgan fingerprint density at radius 3 is 2.62 bits per heavy atom. The zero-order valence-corrected chi connectivity index (χ0v) is 8.50. The van der Waals surface area contributed by atoms with E-state index in [1.54, 1.807) is 18.3 Å². The summed E-state index contributed by atoms with van der Waals surface area (Å²) >= 11 is 0. The van der Waals surface area contributed by atoms with Crippen molar-refractivity contribution in [1.82, 2.24) is 4.98 Å². The highest BCUT2D eigenvalue weighted by Crippen LogP contribution is 2.29. The molecule has 0 saturated carbocycles. The van der Waals surface area contributed by atoms with E-state index in [0.717, 1.165) is 29.3 Å². The van der Waals surface area contributed by atoms with Gasteiger partial charge in [-0.15, -0.1) is 0 Å². The Labute approximate surface area is 92.3 Å². The molecule has 0 bridgehead atoms. The smallest absolute Gasteiger partial charge is 0.123 e. The standard InChI is InChI=1S/C12H10FN3/c13-9-3-1-8(2-4-9)10-5-11-12(6-14-10)16-7-15-11/h1-6,15-16H,7H2. The molecule has 1 aliphatic rings. The summed E-state index contributed by atoms with van der Waals surface area (Å²) in [5, 5.41) is 6.35. The van der Waals surface area contributed by atoms with Gasteiger partial charge in [0.1, 0.15) is 5.82 Å². The van der Waals surface area contributed by atoms with Gasteiger partial charge in [-0.3, -0.25) is 4.98 Å². The number of anilines is 2. The minimum atomic E-state index is -0.232. The van der Waals surface area contributed by atoms with Crippen molar-refractivity contribution in [1.29, 1.82) is 0 Å². The average molecular weight is 215 g/mol. The third kappa shape index (κ3) is 1.48. The van der Waals surface area contributed by atoms with Crippen LogP contribution >= 0.6 is 0 Å². The third-order valence-electron chi connectivity index (χ3n) is 2.60. The van der Waals surface area contributed by atoms with Crippen LogP contribution in [0.4, 0.5) is 15.8 Å². The van der Waals surface area contributed by atoms with E-state index in [9.17, 15) is 4.39 Å². The highest BCUT2D eigenvalue weighted by Gasteiger charge is 2.10. The van der Waals surface area contributed by atoms with Crippen molar-refractivity contribution >= 4 is 11.4 Å². The number of nitrogens with one attached hydrogen (secondary N) is 2. The fourth-order valence-corrected chi connectivity index (χ4v) is 1.76. The Morgan fingerprint density at radius 1 is 1.06 bits per heavy atom. The van der Waals surface area contributed by atoms with Gasteiger partial charge in [-0.1, -0.05) is 0 Å². The molecule has 16 heavy (non-hydrogen) atoms. The van der Waals surface area contributed by atoms with Crippen LogP contribution in [0.25, 0.3) is 11.3 Å². The largest absolute Gasteiger partial charge is 0.366 e. The molecule has 2 heterocycles. The number of fused-ring (bicyclic) bond motifs is 1. The van der Waals surface area contributed by atoms with Crippen LogP contribution in [0.15, 0.2) is 36.5 Å². The minimum absolute atomic E-state index is 0.232. The van der Waals surface area contributed by atoms with Crippen LogP contribution in [0, 0.1) is 5.82 Å². The molecule has 1 aliphatic heterocycles. The van der Waals surface area contributed by atoms with E-state index < -0.39 is 0 Å². The number of pyridine rings is 1. The quantitative estimate of drug-likeness (QED) is 0.768. The molecule has 0 radical (unpaired) electrons. The molecule has 4 heteroatoms. The Balaban J connectivity index is 2.03. The molecular formula is C12H10FN3. The topological polar surface area (TPSA) is 37.0 Å². The molecule has 0 atom stereocenters. The van der Waals surface area contributed by atoms with Gasteiger partial charge in [0, 0.05) is 5.56 Å². The van der Waals surface area contributed by atoms with Crippen LogP contribution in [0.3, 0.4) is 0 Å². The SMILES string of the molecule is Fc1ccc(-c2cc3c(cn2)NCN3)cc1. The Morgan fingerprint density at radius 2 is 1.81 bits per heavy atom. The van der Waals surface area contributed by atoms with Crippen molar-refractivity contribution in [2.45, 2.75) is 0 Å². The fourth-order valence-electron chi connectivity index (χ4n) is 1.76. The van der Waals surface area contributed by atoms with Gasteiger partial charge in [0.05, 0.1) is 29.9 Å². The lowest BCUT2D eigenvalue weighted by atomic mass is 10.1. The first kappa shape index (κ1) is 9.15. The second-order valence-electron chi connectivity index (χ2n) is 3.65. The van der Waals surface area contributed by atoms with E-state index in [-0.39, 0.29) is 5.82 Å². The van der Waals surface area contributed by atoms with E-state index in [2.05, 4.69) is 15.6 Å². The lowest BCUT2D eigenvalue weighted by molar-refractivity contribution is 0.628. The molecule has 1 aromatic heterocycles. The lowest BCUT2D eigenvalue weighted by Crippen LogP contribution is -1.98. The number of hydrogen-bond acceptors (Lipinski definition) is 3. The second kappa shape index (κ2) is 3.48. The second-order valence-corrected chi connectivity index (χ2v) is 3.65. The summed E-state index contributed by atoms with van der Waals surface area (Å²) in [5.74, 6) is -0.232. The van der Waals surface area contributed by atoms with E-state index in [1.165, 1.54) is 12.1 Å². The number of benzene rings is 1. The van der Waals surface area contributed by atoms with Crippen molar-refractivity contribution in [2.75, 3.05) is 17.3 Å². The van der Waals surface area contributed by atoms with Crippen LogP contribution in [0.1, 0.15) is 0 Å². The summed E-state index contributed by atoms with van der Waals surface area (Å²) in [4.78, 5) is 4.33. The van der Waals surface area contributed by atoms with Gasteiger partial charge in [0.2, 0.25) is 0 Å². The zero-order chi connectivity index (χ0) is 11.0. The van der Waals surface area contributed by atoms with Crippen LogP contribution in [0.2, 0.25) is 0 Å². The van der Waals surface area contributed by atoms with Gasteiger partial charge < -0.3 is 10.6 Å². The monoisotopic (exact) mass is 215 g/mol. The van der Waals surface area contributed by atoms with Crippen molar-refractivity contribution < 1.29 is 4.39 Å². The van der Waals surface area contributed by atoms with Crippen molar-refractivity contribution in [3.05, 3.63) is 42.3 Å². The van der Waals surface area contributed by atoms with E-state index in [4.69, 9.17) is 0 Å². The number of hydrogen-bond donors (Lipinski definition) is 2. The normalized spacial score (nSPS) is 12.8. The van der Waals surface area contributed by atoms with Crippen molar-refractivity contribution in [2.24, 2.45) is 0 Å². The fraction of sp³-hybridized carbons (Fsp3) is 0.0833. The summed E-state index contributed by atoms with van der Waals surface area (Å²) in [5.41, 5.74) is 3.80. The average Bonchev–Trinajstić information content (AvgIpc) is 2.77. The van der Waals surface area contributed by atoms with Crippen LogP contribution < -0.4 is 10.6 Å². The summed E-state index contributed by atoms with van der Waals surface area (Å²) in [6.45, 7) is 0.726. The molecule has 0 spiro atoms. The molecule has 0 aliphatic carbocycles. The zero-order valence-electron chi connectivity index (χ0n) is 8.50. The van der Waals surface area contributed by atoms with Crippen molar-refractivity contribution in [3.8, 4) is 11.3 Å². The first-order chi connectivity index (χ1) is 7.83. The Hall–Kier alpha value is -2.10. The predicted octanol–water partition coefficient (Wildman–Crippen LogP) is 2.68. The number of rotatable bonds is 1. The summed E-state index contributed by atoms with van der Waals surface area (Å²) < 4.78 is 12.8. The van der Waals surface area contributed by atoms with E-state index in [1.807, 2.05) is 6.07 Å². The molecule has 2 aromatic rings. The molecule has 3 nitrogen and oxygen atoms in total. The highest BCUT2D eigenvalue weighted by molar-refractivity contribution is 5.77. The minimum Gasteiger partial charge on any atom is -0.366 e. The lowest BCUT2D eigenvalue weighted by Gasteiger charge is -2.03. The molecular weight excluding hydrogens is 205 g/mol. The van der Waals surface area contributed by atoms with Crippen LogP contribution in [0.5, 0.6) is 0 Å². The summed E-state index contributed by atoms with van der Waals surface area (Å²) in [7, 11) is 0. The van der Waals surface area contributed by atoms with Gasteiger partial charge in [-0.25, -0.2) is 4.39 Å². The van der Waals surface area contributed by atoms with Crippen LogP contribution in [-0.2, 0) is 0 Å². The maximum absolute atomic E-state index is 12.8. The molecule has 1 aromatic carbocycles. The van der Waals surface area contributed by atoms with Gasteiger partial charge in [0.25, 0.3) is 0 Å². The number of halogens is 1. The Bertz CT molecular complexity index is 522. The molecule has 0 unspecified atom stereocenters. The molecule has 0 saturated heterocycles. The van der Waals surface area contributed by atoms with E-state index >= 15 is 0 Å². The number of aromatic nitrogens is 1. The van der Waals surface area contributed by atoms with Gasteiger partial charge in [0.15, 0.2) is 0 Å². The summed E-state index contributed by atoms with van der Waals surface area (Å²) in [6.07, 6.45) is 1.79. The van der Waals surface area contributed by atoms with Gasteiger partial charge in [-0.05, 0) is 30.3 Å². The molecule has 0 amide bonds. The van der Waals surface area contributed by atoms with Crippen molar-refractivity contribution in [3.63, 3.8) is 0 Å². The van der Waals surface area contributed by atoms with Gasteiger partial charge in [-0.2, -0.15) is 0 Å². The van der Waals surface area contributed by atoms with Crippen LogP contribution in [-0.4, -0.2) is 11.7 Å². The molecule has 0 fully saturated rings. The maximum atomic E-state index is 12.8. The number of nitrogens with zero attached hydrogens (tertiary/aromatic N) is 1. The maximum Gasteiger partial charge on any atom is 0.123 e. The van der Waals surface area contributed by atoms with E-state index in [0.29, 0.717) is 0 Å². The van der Waals surface area contributed by atoms with Gasteiger partial charge >= 0.3 is 0 Å². The summed E-state index contributed by atoms with van der Waals surface area (Å²) in [6, 6.07) is 8.30.